The first-order valence-corrected chi connectivity index (χ1v) is 9.03. The molecule has 128 valence electrons. The molecule has 24 heavy (non-hydrogen) atoms. The van der Waals surface area contributed by atoms with Crippen molar-refractivity contribution < 1.29 is 4.79 Å². The van der Waals surface area contributed by atoms with E-state index in [2.05, 4.69) is 10.3 Å². The highest BCUT2D eigenvalue weighted by molar-refractivity contribution is 6.30. The van der Waals surface area contributed by atoms with Crippen LogP contribution >= 0.6 is 11.6 Å². The summed E-state index contributed by atoms with van der Waals surface area (Å²) in [6.07, 6.45) is 10.4. The standard InChI is InChI=1S/C19H24ClN3O/c1-23-13-12-21-19(23)18(15-7-9-16(20)10-8-15)22-17(24)11-6-14-4-2-3-5-14/h7-10,12-14,18H,2-6,11H2,1H3,(H,22,24)/t18-/m0/s1. The monoisotopic (exact) mass is 345 g/mol. The van der Waals surface area contributed by atoms with Crippen LogP contribution in [-0.4, -0.2) is 15.5 Å². The Kier molecular flexibility index (Phi) is 5.56. The van der Waals surface area contributed by atoms with E-state index in [1.54, 1.807) is 6.20 Å². The second-order valence-corrected chi connectivity index (χ2v) is 7.07. The van der Waals surface area contributed by atoms with Crippen molar-refractivity contribution in [2.24, 2.45) is 13.0 Å². The van der Waals surface area contributed by atoms with E-state index in [4.69, 9.17) is 11.6 Å². The zero-order valence-corrected chi connectivity index (χ0v) is 14.8. The van der Waals surface area contributed by atoms with Gasteiger partial charge < -0.3 is 9.88 Å². The van der Waals surface area contributed by atoms with Crippen LogP contribution in [0.5, 0.6) is 0 Å². The first-order valence-electron chi connectivity index (χ1n) is 8.65. The molecular weight excluding hydrogens is 322 g/mol. The summed E-state index contributed by atoms with van der Waals surface area (Å²) in [4.78, 5) is 16.9. The summed E-state index contributed by atoms with van der Waals surface area (Å²) >= 11 is 5.99. The zero-order valence-electron chi connectivity index (χ0n) is 14.0. The number of nitrogens with one attached hydrogen (secondary N) is 1. The number of hydrogen-bond acceptors (Lipinski definition) is 2. The highest BCUT2D eigenvalue weighted by Crippen LogP contribution is 2.29. The van der Waals surface area contributed by atoms with Crippen LogP contribution in [0.1, 0.15) is 56.0 Å². The summed E-state index contributed by atoms with van der Waals surface area (Å²) in [6, 6.07) is 7.32. The normalized spacial score (nSPS) is 16.2. The van der Waals surface area contributed by atoms with Crippen LogP contribution in [-0.2, 0) is 11.8 Å². The Hall–Kier alpha value is -1.81. The minimum absolute atomic E-state index is 0.0878. The molecule has 1 N–H and O–H groups in total. The number of aryl methyl sites for hydroxylation is 1. The third kappa shape index (κ3) is 4.18. The molecule has 0 unspecified atom stereocenters. The van der Waals surface area contributed by atoms with Gasteiger partial charge in [0, 0.05) is 30.9 Å². The van der Waals surface area contributed by atoms with E-state index in [-0.39, 0.29) is 11.9 Å². The van der Waals surface area contributed by atoms with E-state index in [9.17, 15) is 4.79 Å². The van der Waals surface area contributed by atoms with Crippen LogP contribution in [0.25, 0.3) is 0 Å². The van der Waals surface area contributed by atoms with Crippen molar-refractivity contribution in [2.75, 3.05) is 0 Å². The molecule has 1 saturated carbocycles. The molecule has 1 aliphatic carbocycles. The fourth-order valence-corrected chi connectivity index (χ4v) is 3.60. The molecule has 0 bridgehead atoms. The second-order valence-electron chi connectivity index (χ2n) is 6.64. The Labute approximate surface area is 148 Å². The average molecular weight is 346 g/mol. The largest absolute Gasteiger partial charge is 0.342 e. The molecule has 1 aromatic carbocycles. The van der Waals surface area contributed by atoms with E-state index in [0.717, 1.165) is 23.7 Å². The van der Waals surface area contributed by atoms with Crippen molar-refractivity contribution in [2.45, 2.75) is 44.6 Å². The quantitative estimate of drug-likeness (QED) is 0.850. The molecule has 0 aliphatic heterocycles. The van der Waals surface area contributed by atoms with Gasteiger partial charge in [-0.3, -0.25) is 4.79 Å². The number of amides is 1. The Morgan fingerprint density at radius 1 is 1.33 bits per heavy atom. The van der Waals surface area contributed by atoms with E-state index < -0.39 is 0 Å². The molecule has 4 nitrogen and oxygen atoms in total. The van der Waals surface area contributed by atoms with Gasteiger partial charge >= 0.3 is 0 Å². The molecule has 1 aromatic heterocycles. The van der Waals surface area contributed by atoms with Crippen molar-refractivity contribution in [3.8, 4) is 0 Å². The van der Waals surface area contributed by atoms with Crippen molar-refractivity contribution in [1.82, 2.24) is 14.9 Å². The molecule has 1 aliphatic rings. The summed E-state index contributed by atoms with van der Waals surface area (Å²) in [5.41, 5.74) is 0.989. The first-order chi connectivity index (χ1) is 11.6. The Balaban J connectivity index is 1.71. The Morgan fingerprint density at radius 3 is 2.67 bits per heavy atom. The van der Waals surface area contributed by atoms with Crippen molar-refractivity contribution >= 4 is 17.5 Å². The molecule has 3 rings (SSSR count). The van der Waals surface area contributed by atoms with E-state index in [0.29, 0.717) is 11.4 Å². The van der Waals surface area contributed by atoms with Crippen LogP contribution in [0.4, 0.5) is 0 Å². The Morgan fingerprint density at radius 2 is 2.04 bits per heavy atom. The number of nitrogens with zero attached hydrogens (tertiary/aromatic N) is 2. The van der Waals surface area contributed by atoms with Gasteiger partial charge in [0.25, 0.3) is 0 Å². The molecular formula is C19H24ClN3O. The third-order valence-corrected chi connectivity index (χ3v) is 5.13. The Bertz CT molecular complexity index is 674. The van der Waals surface area contributed by atoms with E-state index in [1.165, 1.54) is 25.7 Å². The molecule has 1 amide bonds. The molecule has 1 atom stereocenters. The number of halogens is 1. The third-order valence-electron chi connectivity index (χ3n) is 4.88. The topological polar surface area (TPSA) is 46.9 Å². The highest BCUT2D eigenvalue weighted by atomic mass is 35.5. The summed E-state index contributed by atoms with van der Waals surface area (Å²) in [5.74, 6) is 1.63. The fraction of sp³-hybridized carbons (Fsp3) is 0.474. The van der Waals surface area contributed by atoms with Gasteiger partial charge in [-0.1, -0.05) is 49.4 Å². The summed E-state index contributed by atoms with van der Waals surface area (Å²) < 4.78 is 1.94. The first kappa shape index (κ1) is 17.0. The smallest absolute Gasteiger partial charge is 0.220 e. The SMILES string of the molecule is Cn1ccnc1[C@@H](NC(=O)CCC1CCCC1)c1ccc(Cl)cc1. The summed E-state index contributed by atoms with van der Waals surface area (Å²) in [6.45, 7) is 0. The molecule has 2 aromatic rings. The summed E-state index contributed by atoms with van der Waals surface area (Å²) in [5, 5.41) is 3.84. The molecule has 0 spiro atoms. The van der Waals surface area contributed by atoms with Crippen LogP contribution in [0.2, 0.25) is 5.02 Å². The van der Waals surface area contributed by atoms with Crippen molar-refractivity contribution in [3.05, 3.63) is 53.1 Å². The molecule has 0 saturated heterocycles. The van der Waals surface area contributed by atoms with Gasteiger partial charge in [0.1, 0.15) is 11.9 Å². The maximum absolute atomic E-state index is 12.5. The van der Waals surface area contributed by atoms with Gasteiger partial charge in [-0.25, -0.2) is 4.98 Å². The van der Waals surface area contributed by atoms with Gasteiger partial charge in [-0.05, 0) is 30.0 Å². The van der Waals surface area contributed by atoms with Gasteiger partial charge in [0.2, 0.25) is 5.91 Å². The van der Waals surface area contributed by atoms with Crippen LogP contribution in [0.3, 0.4) is 0 Å². The van der Waals surface area contributed by atoms with Gasteiger partial charge in [-0.2, -0.15) is 0 Å². The predicted molar refractivity (Wildman–Crippen MR) is 95.8 cm³/mol. The van der Waals surface area contributed by atoms with Crippen LogP contribution < -0.4 is 5.32 Å². The predicted octanol–water partition coefficient (Wildman–Crippen LogP) is 4.25. The van der Waals surface area contributed by atoms with Crippen molar-refractivity contribution in [3.63, 3.8) is 0 Å². The van der Waals surface area contributed by atoms with Gasteiger partial charge in [0.05, 0.1) is 0 Å². The highest BCUT2D eigenvalue weighted by Gasteiger charge is 2.22. The fourth-order valence-electron chi connectivity index (χ4n) is 3.47. The molecule has 5 heteroatoms. The van der Waals surface area contributed by atoms with E-state index in [1.807, 2.05) is 42.1 Å². The number of carbonyl (C=O) groups is 1. The maximum Gasteiger partial charge on any atom is 0.220 e. The lowest BCUT2D eigenvalue weighted by Gasteiger charge is -2.20. The lowest BCUT2D eigenvalue weighted by atomic mass is 10.0. The number of benzene rings is 1. The minimum Gasteiger partial charge on any atom is -0.342 e. The number of rotatable bonds is 6. The molecule has 0 radical (unpaired) electrons. The van der Waals surface area contributed by atoms with Crippen LogP contribution in [0, 0.1) is 5.92 Å². The lowest BCUT2D eigenvalue weighted by molar-refractivity contribution is -0.121. The molecule has 1 fully saturated rings. The van der Waals surface area contributed by atoms with Crippen molar-refractivity contribution in [1.29, 1.82) is 0 Å². The minimum atomic E-state index is -0.252. The number of aromatic nitrogens is 2. The van der Waals surface area contributed by atoms with E-state index >= 15 is 0 Å². The average Bonchev–Trinajstić information content (AvgIpc) is 3.23. The number of hydrogen-bond donors (Lipinski definition) is 1. The lowest BCUT2D eigenvalue weighted by Crippen LogP contribution is -2.31. The van der Waals surface area contributed by atoms with Crippen LogP contribution in [0.15, 0.2) is 36.7 Å². The maximum atomic E-state index is 12.5. The number of carbonyl (C=O) groups excluding carboxylic acids is 1. The van der Waals surface area contributed by atoms with Gasteiger partial charge in [-0.15, -0.1) is 0 Å². The molecule has 1 heterocycles. The van der Waals surface area contributed by atoms with Gasteiger partial charge in [0.15, 0.2) is 0 Å². The zero-order chi connectivity index (χ0) is 16.9. The summed E-state index contributed by atoms with van der Waals surface area (Å²) in [7, 11) is 1.94. The number of imidazole rings is 1. The second kappa shape index (κ2) is 7.84.